The van der Waals surface area contributed by atoms with Gasteiger partial charge in [0, 0.05) is 23.7 Å². The molecule has 1 aromatic carbocycles. The van der Waals surface area contributed by atoms with Crippen LogP contribution in [0.1, 0.15) is 33.3 Å². The Morgan fingerprint density at radius 1 is 1.41 bits per heavy atom. The first kappa shape index (κ1) is 12.2. The number of hydrogen-bond donors (Lipinski definition) is 2. The number of hydrogen-bond acceptors (Lipinski definition) is 3. The predicted molar refractivity (Wildman–Crippen MR) is 72.5 cm³/mol. The monoisotopic (exact) mass is 234 g/mol. The molecule has 0 spiro atoms. The molecular weight excluding hydrogens is 212 g/mol. The molecule has 0 aromatic heterocycles. The van der Waals surface area contributed by atoms with E-state index in [4.69, 9.17) is 0 Å². The summed E-state index contributed by atoms with van der Waals surface area (Å²) in [5, 5.41) is 13.0. The van der Waals surface area contributed by atoms with Gasteiger partial charge >= 0.3 is 0 Å². The number of fused-ring (bicyclic) bond motifs is 1. The Balaban J connectivity index is 2.53. The van der Waals surface area contributed by atoms with Crippen molar-refractivity contribution in [3.05, 3.63) is 23.8 Å². The first-order valence-corrected chi connectivity index (χ1v) is 6.22. The van der Waals surface area contributed by atoms with Crippen molar-refractivity contribution in [1.29, 1.82) is 0 Å². The lowest BCUT2D eigenvalue weighted by atomic mass is 9.96. The second-order valence-corrected chi connectivity index (χ2v) is 5.70. The van der Waals surface area contributed by atoms with E-state index >= 15 is 0 Å². The number of aliphatic hydroxyl groups is 1. The molecule has 1 aliphatic rings. The standard InChI is InChI=1S/C14H22N2O/c1-10(2)16-9-14(3,4)15-12-7-5-6-11(8-17)13(12)16/h5-7,10,15,17H,8-9H2,1-4H3. The highest BCUT2D eigenvalue weighted by atomic mass is 16.3. The third-order valence-corrected chi connectivity index (χ3v) is 3.24. The summed E-state index contributed by atoms with van der Waals surface area (Å²) in [5.74, 6) is 0. The van der Waals surface area contributed by atoms with Gasteiger partial charge in [0.05, 0.1) is 18.0 Å². The van der Waals surface area contributed by atoms with Crippen molar-refractivity contribution < 1.29 is 5.11 Å². The lowest BCUT2D eigenvalue weighted by Crippen LogP contribution is -2.51. The minimum atomic E-state index is 0.0609. The van der Waals surface area contributed by atoms with Crippen LogP contribution in [0.2, 0.25) is 0 Å². The van der Waals surface area contributed by atoms with E-state index in [0.29, 0.717) is 6.04 Å². The van der Waals surface area contributed by atoms with Gasteiger partial charge < -0.3 is 15.3 Å². The van der Waals surface area contributed by atoms with E-state index in [1.165, 1.54) is 0 Å². The molecule has 1 aliphatic heterocycles. The van der Waals surface area contributed by atoms with Crippen molar-refractivity contribution in [3.63, 3.8) is 0 Å². The minimum absolute atomic E-state index is 0.0609. The molecule has 0 radical (unpaired) electrons. The third kappa shape index (κ3) is 2.25. The smallest absolute Gasteiger partial charge is 0.0702 e. The highest BCUT2D eigenvalue weighted by Crippen LogP contribution is 2.38. The van der Waals surface area contributed by atoms with Crippen molar-refractivity contribution in [2.24, 2.45) is 0 Å². The average molecular weight is 234 g/mol. The van der Waals surface area contributed by atoms with Crippen LogP contribution in [0.25, 0.3) is 0 Å². The van der Waals surface area contributed by atoms with Crippen LogP contribution in [0, 0.1) is 0 Å². The molecule has 2 N–H and O–H groups in total. The Bertz CT molecular complexity index is 413. The van der Waals surface area contributed by atoms with E-state index in [9.17, 15) is 5.11 Å². The van der Waals surface area contributed by atoms with Gasteiger partial charge in [-0.1, -0.05) is 12.1 Å². The van der Waals surface area contributed by atoms with Gasteiger partial charge in [0.15, 0.2) is 0 Å². The van der Waals surface area contributed by atoms with Gasteiger partial charge in [-0.2, -0.15) is 0 Å². The topological polar surface area (TPSA) is 35.5 Å². The van der Waals surface area contributed by atoms with Crippen molar-refractivity contribution in [3.8, 4) is 0 Å². The van der Waals surface area contributed by atoms with E-state index in [1.54, 1.807) is 0 Å². The highest BCUT2D eigenvalue weighted by Gasteiger charge is 2.31. The first-order valence-electron chi connectivity index (χ1n) is 6.22. The fourth-order valence-electron chi connectivity index (χ4n) is 2.51. The first-order chi connectivity index (χ1) is 7.94. The third-order valence-electron chi connectivity index (χ3n) is 3.24. The minimum Gasteiger partial charge on any atom is -0.392 e. The second-order valence-electron chi connectivity index (χ2n) is 5.70. The molecule has 0 unspecified atom stereocenters. The van der Waals surface area contributed by atoms with Crippen molar-refractivity contribution in [1.82, 2.24) is 0 Å². The van der Waals surface area contributed by atoms with Gasteiger partial charge in [0.25, 0.3) is 0 Å². The largest absolute Gasteiger partial charge is 0.392 e. The molecule has 1 aromatic rings. The summed E-state index contributed by atoms with van der Waals surface area (Å²) in [6, 6.07) is 6.51. The number of anilines is 2. The number of nitrogens with zero attached hydrogens (tertiary/aromatic N) is 1. The van der Waals surface area contributed by atoms with Crippen LogP contribution in [0.15, 0.2) is 18.2 Å². The molecule has 0 saturated heterocycles. The zero-order valence-electron chi connectivity index (χ0n) is 11.1. The normalized spacial score (nSPS) is 17.9. The molecule has 0 saturated carbocycles. The molecule has 0 bridgehead atoms. The summed E-state index contributed by atoms with van der Waals surface area (Å²) in [6.45, 7) is 9.84. The van der Waals surface area contributed by atoms with Gasteiger partial charge in [-0.25, -0.2) is 0 Å². The number of nitrogens with one attached hydrogen (secondary N) is 1. The van der Waals surface area contributed by atoms with Gasteiger partial charge in [-0.15, -0.1) is 0 Å². The van der Waals surface area contributed by atoms with E-state index in [2.05, 4.69) is 44.0 Å². The molecule has 0 fully saturated rings. The highest BCUT2D eigenvalue weighted by molar-refractivity contribution is 5.77. The van der Waals surface area contributed by atoms with E-state index in [0.717, 1.165) is 23.5 Å². The van der Waals surface area contributed by atoms with Crippen LogP contribution < -0.4 is 10.2 Å². The Kier molecular flexibility index (Phi) is 3.04. The Morgan fingerprint density at radius 3 is 2.71 bits per heavy atom. The maximum Gasteiger partial charge on any atom is 0.0702 e. The van der Waals surface area contributed by atoms with Gasteiger partial charge in [0.1, 0.15) is 0 Å². The van der Waals surface area contributed by atoms with Gasteiger partial charge in [-0.3, -0.25) is 0 Å². The van der Waals surface area contributed by atoms with Crippen LogP contribution in [0.3, 0.4) is 0 Å². The van der Waals surface area contributed by atoms with Crippen LogP contribution in [0.5, 0.6) is 0 Å². The average Bonchev–Trinajstić information content (AvgIpc) is 2.25. The number of para-hydroxylation sites is 1. The Labute approximate surface area is 103 Å². The van der Waals surface area contributed by atoms with Crippen molar-refractivity contribution >= 4 is 11.4 Å². The Morgan fingerprint density at radius 2 is 2.12 bits per heavy atom. The second kappa shape index (κ2) is 4.22. The summed E-state index contributed by atoms with van der Waals surface area (Å²) in [4.78, 5) is 2.37. The molecule has 3 heteroatoms. The molecule has 0 atom stereocenters. The molecule has 2 rings (SSSR count). The molecular formula is C14H22N2O. The van der Waals surface area contributed by atoms with Crippen LogP contribution in [-0.4, -0.2) is 23.2 Å². The number of benzene rings is 1. The maximum absolute atomic E-state index is 9.47. The van der Waals surface area contributed by atoms with E-state index < -0.39 is 0 Å². The van der Waals surface area contributed by atoms with Crippen LogP contribution >= 0.6 is 0 Å². The lowest BCUT2D eigenvalue weighted by molar-refractivity contribution is 0.281. The molecule has 0 aliphatic carbocycles. The SMILES string of the molecule is CC(C)N1CC(C)(C)Nc2cccc(CO)c21. The summed E-state index contributed by atoms with van der Waals surface area (Å²) in [5.41, 5.74) is 3.34. The quantitative estimate of drug-likeness (QED) is 0.825. The van der Waals surface area contributed by atoms with Gasteiger partial charge in [0.2, 0.25) is 0 Å². The van der Waals surface area contributed by atoms with E-state index in [1.807, 2.05) is 12.1 Å². The molecule has 17 heavy (non-hydrogen) atoms. The molecule has 94 valence electrons. The van der Waals surface area contributed by atoms with Crippen molar-refractivity contribution in [2.75, 3.05) is 16.8 Å². The summed E-state index contributed by atoms with van der Waals surface area (Å²) < 4.78 is 0. The fourth-order valence-corrected chi connectivity index (χ4v) is 2.51. The molecule has 0 amide bonds. The van der Waals surface area contributed by atoms with Crippen molar-refractivity contribution in [2.45, 2.75) is 45.9 Å². The van der Waals surface area contributed by atoms with Crippen LogP contribution in [-0.2, 0) is 6.61 Å². The summed E-state index contributed by atoms with van der Waals surface area (Å²) >= 11 is 0. The maximum atomic E-state index is 9.47. The predicted octanol–water partition coefficient (Wildman–Crippen LogP) is 2.60. The van der Waals surface area contributed by atoms with Crippen LogP contribution in [0.4, 0.5) is 11.4 Å². The summed E-state index contributed by atoms with van der Waals surface area (Å²) in [6.07, 6.45) is 0. The molecule has 3 nitrogen and oxygen atoms in total. The zero-order chi connectivity index (χ0) is 12.6. The lowest BCUT2D eigenvalue weighted by Gasteiger charge is -2.45. The van der Waals surface area contributed by atoms with E-state index in [-0.39, 0.29) is 12.1 Å². The summed E-state index contributed by atoms with van der Waals surface area (Å²) in [7, 11) is 0. The Hall–Kier alpha value is -1.22. The molecule has 1 heterocycles. The number of aliphatic hydroxyl groups excluding tert-OH is 1. The fraction of sp³-hybridized carbons (Fsp3) is 0.571. The van der Waals surface area contributed by atoms with Gasteiger partial charge in [-0.05, 0) is 33.8 Å². The zero-order valence-corrected chi connectivity index (χ0v) is 11.1. The number of rotatable bonds is 2.